The molecular weight excluding hydrogens is 462 g/mol. The zero-order valence-corrected chi connectivity index (χ0v) is 24.5. The van der Waals surface area contributed by atoms with Gasteiger partial charge in [0.25, 0.3) is 0 Å². The first-order valence-corrected chi connectivity index (χ1v) is 15.4. The van der Waals surface area contributed by atoms with E-state index >= 15 is 0 Å². The van der Waals surface area contributed by atoms with Crippen LogP contribution in [0.2, 0.25) is 0 Å². The van der Waals surface area contributed by atoms with Gasteiger partial charge < -0.3 is 19.5 Å². The minimum atomic E-state index is -1.15. The fourth-order valence-corrected chi connectivity index (χ4v) is 9.50. The van der Waals surface area contributed by atoms with E-state index < -0.39 is 16.8 Å². The molecule has 0 aromatic carbocycles. The first-order valence-electron chi connectivity index (χ1n) is 15.4. The van der Waals surface area contributed by atoms with Gasteiger partial charge in [0.05, 0.1) is 12.2 Å². The Labute approximate surface area is 225 Å². The lowest BCUT2D eigenvalue weighted by Gasteiger charge is -2.50. The molecule has 0 spiro atoms. The van der Waals surface area contributed by atoms with Crippen LogP contribution in [0.3, 0.4) is 0 Å². The topological polar surface area (TPSA) is 66.8 Å². The molecule has 5 heteroatoms. The number of allylic oxidation sites excluding steroid dienone is 1. The third-order valence-corrected chi connectivity index (χ3v) is 11.5. The second-order valence-corrected chi connectivity index (χ2v) is 13.3. The SMILES string of the molecule is CCCCC1CC(C2C3C=C(C(C)C)C2(C(=O)O)C(C=O)([C@@H]2CC[C@@H](C)C2C)C3)OC1CN(CC)CC. The number of carboxylic acids is 1. The average molecular weight is 516 g/mol. The Bertz CT molecular complexity index is 865. The van der Waals surface area contributed by atoms with Gasteiger partial charge in [-0.3, -0.25) is 4.79 Å². The molecule has 3 fully saturated rings. The number of carboxylic acid groups (broad SMARTS) is 1. The molecule has 0 radical (unpaired) electrons. The van der Waals surface area contributed by atoms with Crippen LogP contribution >= 0.6 is 0 Å². The van der Waals surface area contributed by atoms with Crippen LogP contribution in [0.4, 0.5) is 0 Å². The monoisotopic (exact) mass is 515 g/mol. The van der Waals surface area contributed by atoms with E-state index in [-0.39, 0.29) is 35.9 Å². The van der Waals surface area contributed by atoms with E-state index in [1.807, 2.05) is 0 Å². The van der Waals surface area contributed by atoms with Gasteiger partial charge in [-0.15, -0.1) is 0 Å². The predicted octanol–water partition coefficient (Wildman–Crippen LogP) is 6.46. The van der Waals surface area contributed by atoms with Gasteiger partial charge in [-0.25, -0.2) is 0 Å². The predicted molar refractivity (Wildman–Crippen MR) is 148 cm³/mol. The standard InChI is InChI=1S/C32H53NO4/c1-8-11-12-23-16-27(37-28(23)18-33(9-2)10-3)29-24-15-26(20(4)5)32(29,30(35)36)31(17-24,19-34)25-14-13-21(6)22(25)7/h15,19-25,27-29H,8-14,16-18H2,1-7H3,(H,35,36)/t21-,22?,23?,24?,25-,27?,28?,29?,31?,32?/m1/s1. The Balaban J connectivity index is 1.76. The summed E-state index contributed by atoms with van der Waals surface area (Å²) < 4.78 is 6.97. The highest BCUT2D eigenvalue weighted by atomic mass is 16.5. The lowest BCUT2D eigenvalue weighted by atomic mass is 9.51. The number of nitrogens with zero attached hydrogens (tertiary/aromatic N) is 1. The number of hydrogen-bond donors (Lipinski definition) is 1. The van der Waals surface area contributed by atoms with Crippen molar-refractivity contribution in [1.29, 1.82) is 0 Å². The van der Waals surface area contributed by atoms with Crippen molar-refractivity contribution >= 4 is 12.3 Å². The van der Waals surface area contributed by atoms with Gasteiger partial charge in [0, 0.05) is 17.9 Å². The molecule has 0 aromatic heterocycles. The molecule has 1 heterocycles. The molecule has 3 aliphatic carbocycles. The first kappa shape index (κ1) is 28.8. The highest BCUT2D eigenvalue weighted by Crippen LogP contribution is 2.74. The third-order valence-electron chi connectivity index (χ3n) is 11.5. The van der Waals surface area contributed by atoms with Crippen LogP contribution in [0.15, 0.2) is 11.6 Å². The summed E-state index contributed by atoms with van der Waals surface area (Å²) in [5.41, 5.74) is -0.993. The van der Waals surface area contributed by atoms with Crippen LogP contribution in [-0.2, 0) is 14.3 Å². The number of hydrogen-bond acceptors (Lipinski definition) is 4. The van der Waals surface area contributed by atoms with Gasteiger partial charge in [-0.2, -0.15) is 0 Å². The first-order chi connectivity index (χ1) is 17.6. The van der Waals surface area contributed by atoms with E-state index in [0.29, 0.717) is 24.2 Å². The molecule has 1 saturated heterocycles. The Hall–Kier alpha value is -1.20. The zero-order valence-electron chi connectivity index (χ0n) is 24.5. The van der Waals surface area contributed by atoms with Gasteiger partial charge in [0.15, 0.2) is 0 Å². The van der Waals surface area contributed by atoms with Crippen molar-refractivity contribution in [3.05, 3.63) is 11.6 Å². The quantitative estimate of drug-likeness (QED) is 0.239. The van der Waals surface area contributed by atoms with Crippen LogP contribution in [0.1, 0.15) is 93.4 Å². The number of carbonyl (C=O) groups excluding carboxylic acids is 1. The molecule has 37 heavy (non-hydrogen) atoms. The molecule has 10 atom stereocenters. The van der Waals surface area contributed by atoms with Crippen LogP contribution in [0.25, 0.3) is 0 Å². The molecule has 8 unspecified atom stereocenters. The Morgan fingerprint density at radius 2 is 1.92 bits per heavy atom. The van der Waals surface area contributed by atoms with Gasteiger partial charge in [-0.1, -0.05) is 79.4 Å². The molecule has 2 saturated carbocycles. The van der Waals surface area contributed by atoms with E-state index in [0.717, 1.165) is 63.6 Å². The summed E-state index contributed by atoms with van der Waals surface area (Å²) in [6.07, 6.45) is 10.5. The molecule has 0 amide bonds. The summed E-state index contributed by atoms with van der Waals surface area (Å²) in [6, 6.07) is 0. The van der Waals surface area contributed by atoms with Crippen molar-refractivity contribution in [1.82, 2.24) is 4.90 Å². The number of fused-ring (bicyclic) bond motifs is 2. The van der Waals surface area contributed by atoms with E-state index in [4.69, 9.17) is 4.74 Å². The second-order valence-electron chi connectivity index (χ2n) is 13.3. The van der Waals surface area contributed by atoms with Crippen LogP contribution in [0, 0.1) is 52.3 Å². The van der Waals surface area contributed by atoms with Gasteiger partial charge in [-0.05, 0) is 74.3 Å². The molecule has 5 nitrogen and oxygen atoms in total. The van der Waals surface area contributed by atoms with Crippen LogP contribution in [0.5, 0.6) is 0 Å². The molecule has 210 valence electrons. The third kappa shape index (κ3) is 4.35. The smallest absolute Gasteiger partial charge is 0.315 e. The normalized spacial score (nSPS) is 43.2. The lowest BCUT2D eigenvalue weighted by molar-refractivity contribution is -0.167. The summed E-state index contributed by atoms with van der Waals surface area (Å²) in [7, 11) is 0. The molecule has 0 aromatic rings. The van der Waals surface area contributed by atoms with Crippen molar-refractivity contribution < 1.29 is 19.4 Å². The maximum absolute atomic E-state index is 13.7. The Morgan fingerprint density at radius 1 is 1.22 bits per heavy atom. The summed E-state index contributed by atoms with van der Waals surface area (Å²) in [6.45, 7) is 18.3. The fraction of sp³-hybridized carbons (Fsp3) is 0.875. The highest BCUT2D eigenvalue weighted by Gasteiger charge is 2.77. The molecule has 4 rings (SSSR count). The van der Waals surface area contributed by atoms with Gasteiger partial charge in [0.1, 0.15) is 11.7 Å². The van der Waals surface area contributed by atoms with Crippen molar-refractivity contribution in [3.8, 4) is 0 Å². The number of carbonyl (C=O) groups is 2. The Morgan fingerprint density at radius 3 is 2.43 bits per heavy atom. The molecule has 2 bridgehead atoms. The van der Waals surface area contributed by atoms with Crippen molar-refractivity contribution in [2.24, 2.45) is 52.3 Å². The molecule has 1 N–H and O–H groups in total. The number of ether oxygens (including phenoxy) is 1. The van der Waals surface area contributed by atoms with E-state index in [2.05, 4.69) is 59.4 Å². The van der Waals surface area contributed by atoms with E-state index in [1.165, 1.54) is 6.42 Å². The van der Waals surface area contributed by atoms with Crippen molar-refractivity contribution in [2.75, 3.05) is 19.6 Å². The van der Waals surface area contributed by atoms with Gasteiger partial charge in [0.2, 0.25) is 0 Å². The van der Waals surface area contributed by atoms with Crippen LogP contribution in [-0.4, -0.2) is 54.1 Å². The maximum Gasteiger partial charge on any atom is 0.315 e. The summed E-state index contributed by atoms with van der Waals surface area (Å²) in [5, 5.41) is 11.3. The number of rotatable bonds is 12. The summed E-state index contributed by atoms with van der Waals surface area (Å²) >= 11 is 0. The number of aliphatic carboxylic acids is 1. The summed E-state index contributed by atoms with van der Waals surface area (Å²) in [4.78, 5) is 29.5. The number of likely N-dealkylation sites (N-methyl/N-ethyl adjacent to an activating group) is 1. The average Bonchev–Trinajstić information content (AvgIpc) is 3.60. The minimum Gasteiger partial charge on any atom is -0.481 e. The highest BCUT2D eigenvalue weighted by molar-refractivity contribution is 5.89. The molecule has 1 aliphatic heterocycles. The van der Waals surface area contributed by atoms with Crippen molar-refractivity contribution in [3.63, 3.8) is 0 Å². The largest absolute Gasteiger partial charge is 0.481 e. The van der Waals surface area contributed by atoms with Crippen molar-refractivity contribution in [2.45, 2.75) is 106 Å². The Kier molecular flexibility index (Phi) is 8.65. The second kappa shape index (κ2) is 11.1. The molecule has 4 aliphatic rings. The number of unbranched alkanes of at least 4 members (excludes halogenated alkanes) is 1. The molecular formula is C32H53NO4. The lowest BCUT2D eigenvalue weighted by Crippen LogP contribution is -2.56. The number of aldehydes is 1. The van der Waals surface area contributed by atoms with E-state index in [9.17, 15) is 14.7 Å². The van der Waals surface area contributed by atoms with E-state index in [1.54, 1.807) is 0 Å². The summed E-state index contributed by atoms with van der Waals surface area (Å²) in [5.74, 6) is 0.721. The fourth-order valence-electron chi connectivity index (χ4n) is 9.50. The maximum atomic E-state index is 13.7. The zero-order chi connectivity index (χ0) is 27.1. The van der Waals surface area contributed by atoms with Crippen LogP contribution < -0.4 is 0 Å². The van der Waals surface area contributed by atoms with Gasteiger partial charge >= 0.3 is 5.97 Å². The minimum absolute atomic E-state index is 0.0983.